The average Bonchev–Trinajstić information content (AvgIpc) is 2.88. The van der Waals surface area contributed by atoms with Crippen LogP contribution in [-0.2, 0) is 6.54 Å². The molecule has 3 nitrogen and oxygen atoms in total. The van der Waals surface area contributed by atoms with E-state index in [0.29, 0.717) is 0 Å². The molecule has 98 valence electrons. The minimum absolute atomic E-state index is 0.734. The van der Waals surface area contributed by atoms with E-state index in [1.165, 1.54) is 18.4 Å². The van der Waals surface area contributed by atoms with Gasteiger partial charge in [-0.15, -0.1) is 0 Å². The van der Waals surface area contributed by atoms with Gasteiger partial charge in [0.15, 0.2) is 5.96 Å². The number of nitrogens with zero attached hydrogens (tertiary/aromatic N) is 2. The van der Waals surface area contributed by atoms with Crippen molar-refractivity contribution in [3.63, 3.8) is 0 Å². The second-order valence-electron chi connectivity index (χ2n) is 4.49. The summed E-state index contributed by atoms with van der Waals surface area (Å²) in [7, 11) is 0. The number of benzene rings is 1. The van der Waals surface area contributed by atoms with Crippen LogP contribution in [0.2, 0.25) is 0 Å². The molecular weight excluding hydrogens is 290 g/mol. The summed E-state index contributed by atoms with van der Waals surface area (Å²) >= 11 is 3.49. The zero-order valence-electron chi connectivity index (χ0n) is 10.8. The quantitative estimate of drug-likeness (QED) is 0.686. The fourth-order valence-corrected chi connectivity index (χ4v) is 2.60. The number of nitrogens with one attached hydrogen (secondary N) is 1. The first-order chi connectivity index (χ1) is 8.79. The highest BCUT2D eigenvalue weighted by molar-refractivity contribution is 9.10. The van der Waals surface area contributed by atoms with Gasteiger partial charge in [0.2, 0.25) is 0 Å². The zero-order valence-corrected chi connectivity index (χ0v) is 12.4. The Bertz CT molecular complexity index is 411. The number of halogens is 1. The van der Waals surface area contributed by atoms with E-state index in [1.54, 1.807) is 0 Å². The van der Waals surface area contributed by atoms with Gasteiger partial charge >= 0.3 is 0 Å². The van der Waals surface area contributed by atoms with Gasteiger partial charge in [-0.05, 0) is 37.5 Å². The molecule has 18 heavy (non-hydrogen) atoms. The van der Waals surface area contributed by atoms with Crippen LogP contribution in [-0.4, -0.2) is 30.5 Å². The van der Waals surface area contributed by atoms with Crippen molar-refractivity contribution in [3.8, 4) is 0 Å². The molecule has 1 fully saturated rings. The van der Waals surface area contributed by atoms with Gasteiger partial charge in [0.05, 0.1) is 6.54 Å². The fourth-order valence-electron chi connectivity index (χ4n) is 2.16. The molecule has 1 aliphatic heterocycles. The summed E-state index contributed by atoms with van der Waals surface area (Å²) in [5.41, 5.74) is 1.24. The van der Waals surface area contributed by atoms with Crippen molar-refractivity contribution in [1.29, 1.82) is 0 Å². The molecule has 0 radical (unpaired) electrons. The van der Waals surface area contributed by atoms with Gasteiger partial charge in [-0.25, -0.2) is 4.99 Å². The molecule has 0 spiro atoms. The van der Waals surface area contributed by atoms with Crippen LogP contribution in [0.5, 0.6) is 0 Å². The fraction of sp³-hybridized carbons (Fsp3) is 0.500. The molecule has 1 N–H and O–H groups in total. The molecule has 4 heteroatoms. The molecule has 0 amide bonds. The maximum Gasteiger partial charge on any atom is 0.194 e. The van der Waals surface area contributed by atoms with Gasteiger partial charge in [-0.3, -0.25) is 0 Å². The molecular formula is C14H20BrN3. The molecule has 0 aliphatic carbocycles. The topological polar surface area (TPSA) is 27.6 Å². The Morgan fingerprint density at radius 1 is 1.39 bits per heavy atom. The predicted octanol–water partition coefficient (Wildman–Crippen LogP) is 3.01. The van der Waals surface area contributed by atoms with Crippen molar-refractivity contribution in [3.05, 3.63) is 34.3 Å². The lowest BCUT2D eigenvalue weighted by atomic mass is 10.2. The van der Waals surface area contributed by atoms with E-state index < -0.39 is 0 Å². The van der Waals surface area contributed by atoms with E-state index in [1.807, 2.05) is 6.07 Å². The standard InChI is InChI=1S/C14H20BrN3/c1-2-16-14(18-8-3-4-9-18)17-11-12-6-5-7-13(15)10-12/h5-7,10H,2-4,8-9,11H2,1H3,(H,16,17). The first kappa shape index (κ1) is 13.4. The van der Waals surface area contributed by atoms with E-state index in [2.05, 4.69) is 51.3 Å². The second-order valence-corrected chi connectivity index (χ2v) is 5.41. The molecule has 0 unspecified atom stereocenters. The number of hydrogen-bond donors (Lipinski definition) is 1. The van der Waals surface area contributed by atoms with Crippen molar-refractivity contribution in [2.75, 3.05) is 19.6 Å². The molecule has 0 saturated carbocycles. The minimum atomic E-state index is 0.734. The average molecular weight is 310 g/mol. The van der Waals surface area contributed by atoms with Crippen LogP contribution in [0.15, 0.2) is 33.7 Å². The number of aliphatic imine (C=N–C) groups is 1. The van der Waals surface area contributed by atoms with Crippen LogP contribution in [0.3, 0.4) is 0 Å². The highest BCUT2D eigenvalue weighted by Gasteiger charge is 2.15. The Morgan fingerprint density at radius 2 is 2.17 bits per heavy atom. The lowest BCUT2D eigenvalue weighted by molar-refractivity contribution is 0.493. The predicted molar refractivity (Wildman–Crippen MR) is 79.8 cm³/mol. The van der Waals surface area contributed by atoms with Crippen LogP contribution in [0, 0.1) is 0 Å². The lowest BCUT2D eigenvalue weighted by Crippen LogP contribution is -2.39. The van der Waals surface area contributed by atoms with Gasteiger partial charge in [0, 0.05) is 24.1 Å². The van der Waals surface area contributed by atoms with Gasteiger partial charge in [-0.1, -0.05) is 28.1 Å². The van der Waals surface area contributed by atoms with Crippen molar-refractivity contribution in [1.82, 2.24) is 10.2 Å². The third-order valence-corrected chi connectivity index (χ3v) is 3.53. The largest absolute Gasteiger partial charge is 0.357 e. The number of guanidine groups is 1. The lowest BCUT2D eigenvalue weighted by Gasteiger charge is -2.20. The van der Waals surface area contributed by atoms with E-state index >= 15 is 0 Å². The Balaban J connectivity index is 2.03. The normalized spacial score (nSPS) is 16.1. The second kappa shape index (κ2) is 6.78. The summed E-state index contributed by atoms with van der Waals surface area (Å²) in [5, 5.41) is 3.37. The van der Waals surface area contributed by atoms with E-state index in [9.17, 15) is 0 Å². The van der Waals surface area contributed by atoms with E-state index in [4.69, 9.17) is 4.99 Å². The number of likely N-dealkylation sites (tertiary alicyclic amines) is 1. The van der Waals surface area contributed by atoms with Gasteiger partial charge in [0.25, 0.3) is 0 Å². The van der Waals surface area contributed by atoms with Crippen molar-refractivity contribution in [2.45, 2.75) is 26.3 Å². The maximum absolute atomic E-state index is 4.72. The van der Waals surface area contributed by atoms with E-state index in [0.717, 1.165) is 36.6 Å². The third kappa shape index (κ3) is 3.73. The molecule has 1 heterocycles. The summed E-state index contributed by atoms with van der Waals surface area (Å²) < 4.78 is 1.11. The first-order valence-electron chi connectivity index (χ1n) is 6.57. The maximum atomic E-state index is 4.72. The highest BCUT2D eigenvalue weighted by Crippen LogP contribution is 2.13. The monoisotopic (exact) mass is 309 g/mol. The molecule has 1 saturated heterocycles. The Labute approximate surface area is 117 Å². The van der Waals surface area contributed by atoms with E-state index in [-0.39, 0.29) is 0 Å². The Kier molecular flexibility index (Phi) is 5.05. The molecule has 0 atom stereocenters. The summed E-state index contributed by atoms with van der Waals surface area (Å²) in [4.78, 5) is 7.07. The Morgan fingerprint density at radius 3 is 2.83 bits per heavy atom. The minimum Gasteiger partial charge on any atom is -0.357 e. The van der Waals surface area contributed by atoms with Crippen LogP contribution >= 0.6 is 15.9 Å². The van der Waals surface area contributed by atoms with Crippen molar-refractivity contribution >= 4 is 21.9 Å². The van der Waals surface area contributed by atoms with Crippen molar-refractivity contribution < 1.29 is 0 Å². The number of rotatable bonds is 3. The van der Waals surface area contributed by atoms with Crippen LogP contribution in [0.1, 0.15) is 25.3 Å². The van der Waals surface area contributed by atoms with Crippen LogP contribution < -0.4 is 5.32 Å². The summed E-state index contributed by atoms with van der Waals surface area (Å²) in [5.74, 6) is 1.05. The molecule has 0 aromatic heterocycles. The number of hydrogen-bond acceptors (Lipinski definition) is 1. The highest BCUT2D eigenvalue weighted by atomic mass is 79.9. The van der Waals surface area contributed by atoms with Gasteiger partial charge in [-0.2, -0.15) is 0 Å². The first-order valence-corrected chi connectivity index (χ1v) is 7.36. The molecule has 1 aromatic rings. The van der Waals surface area contributed by atoms with Crippen LogP contribution in [0.4, 0.5) is 0 Å². The van der Waals surface area contributed by atoms with Crippen LogP contribution in [0.25, 0.3) is 0 Å². The van der Waals surface area contributed by atoms with Gasteiger partial charge < -0.3 is 10.2 Å². The molecule has 0 bridgehead atoms. The smallest absolute Gasteiger partial charge is 0.194 e. The third-order valence-electron chi connectivity index (χ3n) is 3.04. The SMILES string of the molecule is CCNC(=NCc1cccc(Br)c1)N1CCCC1. The summed E-state index contributed by atoms with van der Waals surface area (Å²) in [6.07, 6.45) is 2.56. The molecule has 1 aromatic carbocycles. The van der Waals surface area contributed by atoms with Crippen molar-refractivity contribution in [2.24, 2.45) is 4.99 Å². The molecule has 2 rings (SSSR count). The molecule has 1 aliphatic rings. The van der Waals surface area contributed by atoms with Gasteiger partial charge in [0.1, 0.15) is 0 Å². The Hall–Kier alpha value is -1.03. The summed E-state index contributed by atoms with van der Waals surface area (Å²) in [6.45, 7) is 6.03. The zero-order chi connectivity index (χ0) is 12.8. The summed E-state index contributed by atoms with van der Waals surface area (Å²) in [6, 6.07) is 8.33.